The monoisotopic (exact) mass is 114 g/mol. The highest BCUT2D eigenvalue weighted by Crippen LogP contribution is 1.58. The van der Waals surface area contributed by atoms with Gasteiger partial charge in [-0.05, 0) is 7.05 Å². The summed E-state index contributed by atoms with van der Waals surface area (Å²) < 4.78 is 0. The molecule has 2 heteroatoms. The Hall–Kier alpha value is -0.810. The van der Waals surface area contributed by atoms with E-state index in [4.69, 9.17) is 5.26 Å². The Morgan fingerprint density at radius 1 is 1.50 bits per heavy atom. The zero-order chi connectivity index (χ0) is 7.41. The van der Waals surface area contributed by atoms with E-state index in [1.54, 1.807) is 0 Å². The molecular formula is C6H14N2. The fraction of sp³-hybridized carbons (Fsp3) is 0.500. The third kappa shape index (κ3) is 2520. The Labute approximate surface area is 51.6 Å². The molecule has 0 saturated heterocycles. The lowest BCUT2D eigenvalue weighted by Crippen LogP contribution is -1.69. The summed E-state index contributed by atoms with van der Waals surface area (Å²) in [4.78, 5) is 0. The standard InChI is InChI=1S/C3H5N.C2H4.CH5N/c1-2-3-4;2*1-2/h2H2,1H3;1-2H2;2H2,1H3. The maximum Gasteiger partial charge on any atom is 0.0618 e. The first kappa shape index (κ1) is 15.7. The van der Waals surface area contributed by atoms with E-state index in [-0.39, 0.29) is 0 Å². The molecule has 0 saturated carbocycles. The summed E-state index contributed by atoms with van der Waals surface area (Å²) in [5.41, 5.74) is 4.50. The predicted molar refractivity (Wildman–Crippen MR) is 37.3 cm³/mol. The molecule has 0 aromatic heterocycles. The Morgan fingerprint density at radius 2 is 1.62 bits per heavy atom. The summed E-state index contributed by atoms with van der Waals surface area (Å²) in [7, 11) is 1.50. The number of nitrogens with zero attached hydrogens (tertiary/aromatic N) is 1. The number of nitrogens with two attached hydrogens (primary N) is 1. The average molecular weight is 114 g/mol. The minimum absolute atomic E-state index is 0.625. The van der Waals surface area contributed by atoms with Crippen molar-refractivity contribution in [2.75, 3.05) is 7.05 Å². The van der Waals surface area contributed by atoms with Gasteiger partial charge in [-0.25, -0.2) is 0 Å². The van der Waals surface area contributed by atoms with Crippen molar-refractivity contribution in [2.45, 2.75) is 13.3 Å². The quantitative estimate of drug-likeness (QED) is 0.482. The number of rotatable bonds is 0. The molecule has 2 nitrogen and oxygen atoms in total. The number of hydrogen-bond donors (Lipinski definition) is 1. The molecule has 0 rings (SSSR count). The first-order chi connectivity index (χ1) is 3.91. The molecule has 0 aromatic rings. The highest BCUT2D eigenvalue weighted by Gasteiger charge is 1.49. The van der Waals surface area contributed by atoms with Gasteiger partial charge in [0, 0.05) is 6.42 Å². The van der Waals surface area contributed by atoms with Crippen molar-refractivity contribution in [1.82, 2.24) is 0 Å². The molecule has 0 radical (unpaired) electrons. The van der Waals surface area contributed by atoms with Crippen molar-refractivity contribution in [3.8, 4) is 6.07 Å². The van der Waals surface area contributed by atoms with Crippen LogP contribution in [0.1, 0.15) is 13.3 Å². The van der Waals surface area contributed by atoms with Gasteiger partial charge in [0.25, 0.3) is 0 Å². The smallest absolute Gasteiger partial charge is 0.0618 e. The molecular weight excluding hydrogens is 100 g/mol. The molecule has 2 N–H and O–H groups in total. The minimum atomic E-state index is 0.625. The lowest BCUT2D eigenvalue weighted by Gasteiger charge is -1.47. The van der Waals surface area contributed by atoms with Crippen LogP contribution in [-0.4, -0.2) is 7.05 Å². The van der Waals surface area contributed by atoms with Gasteiger partial charge in [0.05, 0.1) is 6.07 Å². The van der Waals surface area contributed by atoms with Crippen LogP contribution in [0, 0.1) is 11.3 Å². The van der Waals surface area contributed by atoms with Crippen LogP contribution in [0.25, 0.3) is 0 Å². The molecule has 0 spiro atoms. The van der Waals surface area contributed by atoms with Crippen molar-refractivity contribution in [3.63, 3.8) is 0 Å². The molecule has 0 heterocycles. The van der Waals surface area contributed by atoms with Crippen LogP contribution in [0.2, 0.25) is 0 Å². The maximum atomic E-state index is 7.62. The normalized spacial score (nSPS) is 3.75. The van der Waals surface area contributed by atoms with Gasteiger partial charge in [-0.2, -0.15) is 5.26 Å². The topological polar surface area (TPSA) is 49.8 Å². The van der Waals surface area contributed by atoms with Crippen molar-refractivity contribution in [1.29, 1.82) is 5.26 Å². The van der Waals surface area contributed by atoms with Crippen molar-refractivity contribution in [2.24, 2.45) is 5.73 Å². The average Bonchev–Trinajstić information content (AvgIpc) is 1.96. The van der Waals surface area contributed by atoms with Gasteiger partial charge >= 0.3 is 0 Å². The second-order valence-corrected chi connectivity index (χ2v) is 0.512. The third-order valence-corrected chi connectivity index (χ3v) is 0.158. The SMILES string of the molecule is C=C.CCC#N.CN. The van der Waals surface area contributed by atoms with E-state index >= 15 is 0 Å². The van der Waals surface area contributed by atoms with Crippen LogP contribution in [0.3, 0.4) is 0 Å². The number of hydrogen-bond acceptors (Lipinski definition) is 2. The van der Waals surface area contributed by atoms with E-state index in [1.807, 2.05) is 13.0 Å². The van der Waals surface area contributed by atoms with E-state index in [0.29, 0.717) is 6.42 Å². The van der Waals surface area contributed by atoms with Gasteiger partial charge in [0.2, 0.25) is 0 Å². The molecule has 0 aromatic carbocycles. The highest BCUT2D eigenvalue weighted by molar-refractivity contribution is 4.61. The lowest BCUT2D eigenvalue weighted by molar-refractivity contribution is 1.22. The maximum absolute atomic E-state index is 7.62. The van der Waals surface area contributed by atoms with Gasteiger partial charge in [-0.15, -0.1) is 13.2 Å². The fourth-order valence-corrected chi connectivity index (χ4v) is 0. The van der Waals surface area contributed by atoms with Crippen molar-refractivity contribution < 1.29 is 0 Å². The van der Waals surface area contributed by atoms with Gasteiger partial charge in [0.15, 0.2) is 0 Å². The minimum Gasteiger partial charge on any atom is -0.333 e. The van der Waals surface area contributed by atoms with Gasteiger partial charge < -0.3 is 5.73 Å². The van der Waals surface area contributed by atoms with Crippen LogP contribution in [0.15, 0.2) is 13.2 Å². The predicted octanol–water partition coefficient (Wildman–Crippen LogP) is 1.30. The van der Waals surface area contributed by atoms with E-state index in [9.17, 15) is 0 Å². The second kappa shape index (κ2) is 118. The Kier molecular flexibility index (Phi) is 231. The number of nitriles is 1. The lowest BCUT2D eigenvalue weighted by atomic mass is 10.6. The zero-order valence-electron chi connectivity index (χ0n) is 5.65. The van der Waals surface area contributed by atoms with Crippen LogP contribution in [-0.2, 0) is 0 Å². The first-order valence-corrected chi connectivity index (χ1v) is 2.36. The van der Waals surface area contributed by atoms with Gasteiger partial charge in [-0.3, -0.25) is 0 Å². The van der Waals surface area contributed by atoms with Gasteiger partial charge in [0.1, 0.15) is 0 Å². The largest absolute Gasteiger partial charge is 0.333 e. The molecule has 48 valence electrons. The van der Waals surface area contributed by atoms with Crippen LogP contribution in [0.5, 0.6) is 0 Å². The molecule has 8 heavy (non-hydrogen) atoms. The summed E-state index contributed by atoms with van der Waals surface area (Å²) in [6.07, 6.45) is 0.625. The fourth-order valence-electron chi connectivity index (χ4n) is 0. The van der Waals surface area contributed by atoms with E-state index in [2.05, 4.69) is 18.9 Å². The molecule has 0 aliphatic rings. The van der Waals surface area contributed by atoms with Crippen molar-refractivity contribution >= 4 is 0 Å². The summed E-state index contributed by atoms with van der Waals surface area (Å²) in [5.74, 6) is 0. The molecule has 0 atom stereocenters. The summed E-state index contributed by atoms with van der Waals surface area (Å²) in [6, 6.07) is 1.93. The molecule has 0 aliphatic heterocycles. The summed E-state index contributed by atoms with van der Waals surface area (Å²) in [5, 5.41) is 7.62. The zero-order valence-corrected chi connectivity index (χ0v) is 5.65. The van der Waals surface area contributed by atoms with Gasteiger partial charge in [-0.1, -0.05) is 6.92 Å². The van der Waals surface area contributed by atoms with Crippen molar-refractivity contribution in [3.05, 3.63) is 13.2 Å². The first-order valence-electron chi connectivity index (χ1n) is 2.36. The summed E-state index contributed by atoms with van der Waals surface area (Å²) >= 11 is 0. The van der Waals surface area contributed by atoms with Crippen LogP contribution < -0.4 is 5.73 Å². The highest BCUT2D eigenvalue weighted by atomic mass is 14.4. The molecule has 0 bridgehead atoms. The molecule has 0 amide bonds. The molecule has 0 fully saturated rings. The molecule has 0 aliphatic carbocycles. The summed E-state index contributed by atoms with van der Waals surface area (Å²) in [6.45, 7) is 7.82. The Bertz CT molecular complexity index is 45.0. The Balaban J connectivity index is -0.0000000542. The Morgan fingerprint density at radius 3 is 1.62 bits per heavy atom. The third-order valence-electron chi connectivity index (χ3n) is 0.158. The van der Waals surface area contributed by atoms with E-state index in [0.717, 1.165) is 0 Å². The van der Waals surface area contributed by atoms with Crippen LogP contribution >= 0.6 is 0 Å². The molecule has 0 unspecified atom stereocenters. The van der Waals surface area contributed by atoms with E-state index in [1.165, 1.54) is 7.05 Å². The second-order valence-electron chi connectivity index (χ2n) is 0.512. The van der Waals surface area contributed by atoms with Crippen LogP contribution in [0.4, 0.5) is 0 Å². The van der Waals surface area contributed by atoms with E-state index < -0.39 is 0 Å².